The number of nitrogens with zero attached hydrogens (tertiary/aromatic N) is 2. The lowest BCUT2D eigenvalue weighted by molar-refractivity contribution is -0.297. The number of carboxylic acids is 1. The lowest BCUT2D eigenvalue weighted by atomic mass is 10.2. The van der Waals surface area contributed by atoms with Crippen molar-refractivity contribution in [3.63, 3.8) is 0 Å². The molecule has 0 amide bonds. The predicted octanol–water partition coefficient (Wildman–Crippen LogP) is 2.13. The second-order valence-electron chi connectivity index (χ2n) is 4.94. The number of fused-ring (bicyclic) bond motifs is 1. The molecule has 0 bridgehead atoms. The molecule has 1 aromatic heterocycles. The number of nitrogens with one attached hydrogen (secondary N) is 1. The zero-order chi connectivity index (χ0) is 17.1. The van der Waals surface area contributed by atoms with Crippen LogP contribution < -0.4 is 14.6 Å². The largest absolute Gasteiger partial charge is 0.544 e. The quantitative estimate of drug-likeness (QED) is 0.574. The first-order chi connectivity index (χ1) is 11.6. The summed E-state index contributed by atoms with van der Waals surface area (Å²) in [6.45, 7) is 2.17. The third kappa shape index (κ3) is 3.73. The Kier molecular flexibility index (Phi) is 5.10. The van der Waals surface area contributed by atoms with Crippen LogP contribution in [0.3, 0.4) is 0 Å². The van der Waals surface area contributed by atoms with Crippen molar-refractivity contribution in [2.75, 3.05) is 6.79 Å². The Morgan fingerprint density at radius 2 is 2.21 bits per heavy atom. The first-order valence-corrected chi connectivity index (χ1v) is 8.79. The van der Waals surface area contributed by atoms with Crippen molar-refractivity contribution < 1.29 is 19.4 Å². The molecule has 1 aliphatic heterocycles. The fourth-order valence-corrected chi connectivity index (χ4v) is 3.24. The van der Waals surface area contributed by atoms with Crippen molar-refractivity contribution in [1.82, 2.24) is 15.2 Å². The van der Waals surface area contributed by atoms with E-state index >= 15 is 0 Å². The van der Waals surface area contributed by atoms with Crippen LogP contribution in [0.5, 0.6) is 11.5 Å². The third-order valence-electron chi connectivity index (χ3n) is 3.18. The number of halogens is 1. The van der Waals surface area contributed by atoms with Gasteiger partial charge in [0.2, 0.25) is 11.9 Å². The highest BCUT2D eigenvalue weighted by atomic mass is 79.9. The highest BCUT2D eigenvalue weighted by Gasteiger charge is 2.16. The van der Waals surface area contributed by atoms with E-state index in [2.05, 4.69) is 31.1 Å². The maximum atomic E-state index is 11.4. The molecule has 24 heavy (non-hydrogen) atoms. The summed E-state index contributed by atoms with van der Waals surface area (Å²) in [7, 11) is 0. The normalized spacial score (nSPS) is 13.3. The number of aromatic amines is 1. The van der Waals surface area contributed by atoms with Gasteiger partial charge in [-0.1, -0.05) is 22.9 Å². The van der Waals surface area contributed by atoms with Gasteiger partial charge in [-0.25, -0.2) is 4.98 Å². The van der Waals surface area contributed by atoms with Crippen LogP contribution in [-0.4, -0.2) is 27.9 Å². The number of carboxylic acid groups (broad SMARTS) is 1. The molecule has 3 rings (SSSR count). The standard InChI is InChI=1S/C15H14BrN3O4S/c1-2-3-13-17-15(19-18-13)24-12(14(20)21)5-8-4-10-11(6-9(8)16)23-7-22-10/h4-6H,2-3,7H2,1H3,(H,20,21)(H,17,18,19)/p-1/b12-5-. The van der Waals surface area contributed by atoms with Gasteiger partial charge < -0.3 is 19.4 Å². The van der Waals surface area contributed by atoms with E-state index < -0.39 is 5.97 Å². The Bertz CT molecular complexity index is 806. The third-order valence-corrected chi connectivity index (χ3v) is 4.74. The van der Waals surface area contributed by atoms with Gasteiger partial charge in [0.1, 0.15) is 5.82 Å². The summed E-state index contributed by atoms with van der Waals surface area (Å²) in [6, 6.07) is 3.44. The summed E-state index contributed by atoms with van der Waals surface area (Å²) in [5.41, 5.74) is 0.635. The van der Waals surface area contributed by atoms with Gasteiger partial charge in [-0.05, 0) is 42.0 Å². The summed E-state index contributed by atoms with van der Waals surface area (Å²) < 4.78 is 11.3. The van der Waals surface area contributed by atoms with Crippen molar-refractivity contribution in [3.05, 3.63) is 32.9 Å². The van der Waals surface area contributed by atoms with E-state index in [0.717, 1.165) is 30.4 Å². The van der Waals surface area contributed by atoms with Gasteiger partial charge in [-0.15, -0.1) is 5.10 Å². The average Bonchev–Trinajstić information content (AvgIpc) is 3.16. The minimum Gasteiger partial charge on any atom is -0.544 e. The molecule has 126 valence electrons. The van der Waals surface area contributed by atoms with Crippen molar-refractivity contribution in [3.8, 4) is 11.5 Å². The monoisotopic (exact) mass is 410 g/mol. The summed E-state index contributed by atoms with van der Waals surface area (Å²) >= 11 is 4.33. The van der Waals surface area contributed by atoms with E-state index in [-0.39, 0.29) is 11.7 Å². The summed E-state index contributed by atoms with van der Waals surface area (Å²) in [6.07, 6.45) is 3.17. The lowest BCUT2D eigenvalue weighted by Gasteiger charge is -2.08. The van der Waals surface area contributed by atoms with Crippen LogP contribution in [0.2, 0.25) is 0 Å². The number of aryl methyl sites for hydroxylation is 1. The smallest absolute Gasteiger partial charge is 0.231 e. The summed E-state index contributed by atoms with van der Waals surface area (Å²) in [5.74, 6) is 0.600. The number of benzene rings is 1. The van der Waals surface area contributed by atoms with Crippen molar-refractivity contribution in [2.24, 2.45) is 0 Å². The number of hydrogen-bond donors (Lipinski definition) is 1. The Hall–Kier alpha value is -2.00. The zero-order valence-electron chi connectivity index (χ0n) is 12.7. The van der Waals surface area contributed by atoms with Crippen LogP contribution in [0.15, 0.2) is 26.7 Å². The molecular formula is C15H13BrN3O4S-. The summed E-state index contributed by atoms with van der Waals surface area (Å²) in [5, 5.41) is 18.6. The topological polar surface area (TPSA) is 100 Å². The molecule has 2 heterocycles. The Balaban J connectivity index is 1.87. The maximum Gasteiger partial charge on any atom is 0.231 e. The van der Waals surface area contributed by atoms with Crippen LogP contribution in [0.1, 0.15) is 24.7 Å². The number of thioether (sulfide) groups is 1. The van der Waals surface area contributed by atoms with Crippen LogP contribution in [0.25, 0.3) is 6.08 Å². The molecule has 1 N–H and O–H groups in total. The first-order valence-electron chi connectivity index (χ1n) is 7.18. The van der Waals surface area contributed by atoms with Crippen LogP contribution in [-0.2, 0) is 11.2 Å². The molecule has 0 aliphatic carbocycles. The second kappa shape index (κ2) is 7.27. The molecule has 0 radical (unpaired) electrons. The van der Waals surface area contributed by atoms with Gasteiger partial charge in [-0.3, -0.25) is 5.10 Å². The second-order valence-corrected chi connectivity index (χ2v) is 6.80. The molecule has 0 saturated heterocycles. The van der Waals surface area contributed by atoms with Crippen molar-refractivity contribution in [2.45, 2.75) is 24.9 Å². The summed E-state index contributed by atoms with van der Waals surface area (Å²) in [4.78, 5) is 15.7. The fourth-order valence-electron chi connectivity index (χ4n) is 2.09. The number of aromatic nitrogens is 3. The van der Waals surface area contributed by atoms with E-state index in [1.54, 1.807) is 12.1 Å². The number of ether oxygens (including phenoxy) is 2. The number of H-pyrrole nitrogens is 1. The van der Waals surface area contributed by atoms with E-state index in [4.69, 9.17) is 9.47 Å². The van der Waals surface area contributed by atoms with E-state index in [9.17, 15) is 9.90 Å². The predicted molar refractivity (Wildman–Crippen MR) is 89.5 cm³/mol. The Morgan fingerprint density at radius 1 is 1.46 bits per heavy atom. The van der Waals surface area contributed by atoms with Gasteiger partial charge in [0, 0.05) is 15.8 Å². The Morgan fingerprint density at radius 3 is 2.92 bits per heavy atom. The molecule has 1 aliphatic rings. The average molecular weight is 411 g/mol. The molecule has 1 aromatic carbocycles. The van der Waals surface area contributed by atoms with Gasteiger partial charge in [-0.2, -0.15) is 0 Å². The number of aliphatic carboxylic acids is 1. The van der Waals surface area contributed by atoms with E-state index in [1.807, 2.05) is 6.92 Å². The number of hydrogen-bond acceptors (Lipinski definition) is 7. The molecule has 0 spiro atoms. The Labute approximate surface area is 150 Å². The number of carbonyl (C=O) groups excluding carboxylic acids is 1. The van der Waals surface area contributed by atoms with E-state index in [1.165, 1.54) is 6.08 Å². The van der Waals surface area contributed by atoms with Crippen LogP contribution >= 0.6 is 27.7 Å². The SMILES string of the molecule is CCCc1nc(S/C(=C\c2cc3c(cc2Br)OCO3)C(=O)[O-])n[nH]1. The highest BCUT2D eigenvalue weighted by Crippen LogP contribution is 2.38. The lowest BCUT2D eigenvalue weighted by Crippen LogP contribution is -2.23. The van der Waals surface area contributed by atoms with Crippen LogP contribution in [0, 0.1) is 0 Å². The minimum absolute atomic E-state index is 0.00314. The van der Waals surface area contributed by atoms with Gasteiger partial charge in [0.15, 0.2) is 11.5 Å². The molecule has 0 atom stereocenters. The molecule has 0 saturated carbocycles. The molecule has 9 heteroatoms. The maximum absolute atomic E-state index is 11.4. The molecular weight excluding hydrogens is 398 g/mol. The minimum atomic E-state index is -1.30. The number of carbonyl (C=O) groups is 1. The van der Waals surface area contributed by atoms with E-state index in [0.29, 0.717) is 26.7 Å². The van der Waals surface area contributed by atoms with Gasteiger partial charge >= 0.3 is 0 Å². The van der Waals surface area contributed by atoms with Gasteiger partial charge in [0.25, 0.3) is 0 Å². The van der Waals surface area contributed by atoms with Crippen molar-refractivity contribution >= 4 is 39.7 Å². The fraction of sp³-hybridized carbons (Fsp3) is 0.267. The van der Waals surface area contributed by atoms with Crippen molar-refractivity contribution in [1.29, 1.82) is 0 Å². The molecule has 2 aromatic rings. The highest BCUT2D eigenvalue weighted by molar-refractivity contribution is 9.10. The number of rotatable bonds is 6. The van der Waals surface area contributed by atoms with Gasteiger partial charge in [0.05, 0.1) is 5.97 Å². The van der Waals surface area contributed by atoms with Crippen LogP contribution in [0.4, 0.5) is 0 Å². The zero-order valence-corrected chi connectivity index (χ0v) is 15.1. The molecule has 0 fully saturated rings. The molecule has 7 nitrogen and oxygen atoms in total. The molecule has 0 unspecified atom stereocenters. The first kappa shape index (κ1) is 16.8.